The van der Waals surface area contributed by atoms with Crippen molar-refractivity contribution in [3.8, 4) is 0 Å². The third-order valence-corrected chi connectivity index (χ3v) is 4.34. The van der Waals surface area contributed by atoms with Gasteiger partial charge in [0.25, 0.3) is 0 Å². The molecule has 2 saturated heterocycles. The molecule has 0 radical (unpaired) electrons. The molecule has 0 aromatic rings. The number of hydrogen-bond acceptors (Lipinski definition) is 6. The molecule has 0 bridgehead atoms. The van der Waals surface area contributed by atoms with Gasteiger partial charge in [0.15, 0.2) is 0 Å². The molecule has 1 unspecified atom stereocenters. The second kappa shape index (κ2) is 9.58. The number of ether oxygens (including phenoxy) is 2. The number of hydrogen-bond donors (Lipinski definition) is 1. The molecule has 0 spiro atoms. The third-order valence-electron chi connectivity index (χ3n) is 4.34. The van der Waals surface area contributed by atoms with E-state index in [1.54, 1.807) is 6.92 Å². The number of likely N-dealkylation sites (tertiary alicyclic amines) is 1. The molecule has 8 heteroatoms. The highest BCUT2D eigenvalue weighted by Gasteiger charge is 2.31. The van der Waals surface area contributed by atoms with Crippen molar-refractivity contribution in [1.29, 1.82) is 0 Å². The predicted molar refractivity (Wildman–Crippen MR) is 86.2 cm³/mol. The van der Waals surface area contributed by atoms with E-state index in [2.05, 4.69) is 10.2 Å². The Kier molecular flexibility index (Phi) is 7.45. The van der Waals surface area contributed by atoms with Gasteiger partial charge in [-0.05, 0) is 19.8 Å². The maximum Gasteiger partial charge on any atom is 0.311 e. The van der Waals surface area contributed by atoms with Crippen molar-refractivity contribution in [2.75, 3.05) is 59.1 Å². The van der Waals surface area contributed by atoms with E-state index in [1.165, 1.54) is 4.90 Å². The molecular weight excluding hydrogens is 314 g/mol. The smallest absolute Gasteiger partial charge is 0.311 e. The maximum atomic E-state index is 12.2. The van der Waals surface area contributed by atoms with Crippen molar-refractivity contribution < 1.29 is 23.9 Å². The Morgan fingerprint density at radius 1 is 1.21 bits per heavy atom. The first kappa shape index (κ1) is 18.7. The van der Waals surface area contributed by atoms with Gasteiger partial charge >= 0.3 is 17.8 Å². The topological polar surface area (TPSA) is 88.2 Å². The number of morpholine rings is 1. The molecule has 1 atom stereocenters. The summed E-state index contributed by atoms with van der Waals surface area (Å²) in [4.78, 5) is 39.7. The number of amides is 2. The van der Waals surface area contributed by atoms with E-state index >= 15 is 0 Å². The summed E-state index contributed by atoms with van der Waals surface area (Å²) < 4.78 is 10.3. The van der Waals surface area contributed by atoms with Crippen LogP contribution in [0.25, 0.3) is 0 Å². The molecule has 0 saturated carbocycles. The van der Waals surface area contributed by atoms with Gasteiger partial charge in [0.1, 0.15) is 0 Å². The average Bonchev–Trinajstić information content (AvgIpc) is 2.62. The van der Waals surface area contributed by atoms with Crippen LogP contribution in [-0.2, 0) is 23.9 Å². The molecule has 2 aliphatic rings. The van der Waals surface area contributed by atoms with E-state index in [4.69, 9.17) is 9.47 Å². The van der Waals surface area contributed by atoms with Gasteiger partial charge in [-0.2, -0.15) is 0 Å². The molecule has 2 heterocycles. The van der Waals surface area contributed by atoms with Crippen molar-refractivity contribution in [3.63, 3.8) is 0 Å². The highest BCUT2D eigenvalue weighted by molar-refractivity contribution is 6.35. The highest BCUT2D eigenvalue weighted by atomic mass is 16.5. The minimum atomic E-state index is -0.604. The van der Waals surface area contributed by atoms with Crippen molar-refractivity contribution in [1.82, 2.24) is 15.1 Å². The first-order valence-electron chi connectivity index (χ1n) is 8.65. The van der Waals surface area contributed by atoms with Crippen molar-refractivity contribution in [2.24, 2.45) is 5.92 Å². The fourth-order valence-electron chi connectivity index (χ4n) is 2.99. The Hall–Kier alpha value is -1.67. The summed E-state index contributed by atoms with van der Waals surface area (Å²) >= 11 is 0. The van der Waals surface area contributed by atoms with Crippen LogP contribution in [0.2, 0.25) is 0 Å². The lowest BCUT2D eigenvalue weighted by Gasteiger charge is -2.31. The van der Waals surface area contributed by atoms with Crippen LogP contribution in [0.1, 0.15) is 19.8 Å². The van der Waals surface area contributed by atoms with Gasteiger partial charge in [-0.1, -0.05) is 0 Å². The van der Waals surface area contributed by atoms with Crippen LogP contribution in [0.3, 0.4) is 0 Å². The summed E-state index contributed by atoms with van der Waals surface area (Å²) in [5, 5.41) is 2.67. The zero-order chi connectivity index (χ0) is 17.4. The van der Waals surface area contributed by atoms with Crippen LogP contribution in [0.4, 0.5) is 0 Å². The fourth-order valence-corrected chi connectivity index (χ4v) is 2.99. The normalized spacial score (nSPS) is 22.0. The first-order valence-corrected chi connectivity index (χ1v) is 8.65. The second-order valence-electron chi connectivity index (χ2n) is 6.05. The number of carbonyl (C=O) groups is 3. The van der Waals surface area contributed by atoms with E-state index < -0.39 is 11.8 Å². The van der Waals surface area contributed by atoms with Crippen LogP contribution in [0.5, 0.6) is 0 Å². The van der Waals surface area contributed by atoms with E-state index in [0.29, 0.717) is 52.3 Å². The van der Waals surface area contributed by atoms with Crippen LogP contribution in [-0.4, -0.2) is 86.7 Å². The number of esters is 1. The number of carbonyl (C=O) groups excluding carboxylic acids is 3. The van der Waals surface area contributed by atoms with Gasteiger partial charge in [-0.25, -0.2) is 0 Å². The number of nitrogens with one attached hydrogen (secondary N) is 1. The molecule has 24 heavy (non-hydrogen) atoms. The summed E-state index contributed by atoms with van der Waals surface area (Å²) in [6.45, 7) is 7.07. The standard InChI is InChI=1S/C16H27N3O5/c1-2-24-16(22)13-4-3-6-19(12-13)15(21)14(20)17-5-7-18-8-10-23-11-9-18/h13H,2-12H2,1H3,(H,17,20). The van der Waals surface area contributed by atoms with Gasteiger partial charge in [-0.15, -0.1) is 0 Å². The molecule has 2 amide bonds. The fraction of sp³-hybridized carbons (Fsp3) is 0.812. The lowest BCUT2D eigenvalue weighted by atomic mass is 9.98. The van der Waals surface area contributed by atoms with Gasteiger partial charge < -0.3 is 19.7 Å². The monoisotopic (exact) mass is 341 g/mol. The summed E-state index contributed by atoms with van der Waals surface area (Å²) in [5.74, 6) is -1.79. The Labute approximate surface area is 142 Å². The SMILES string of the molecule is CCOC(=O)C1CCCN(C(=O)C(=O)NCCN2CCOCC2)C1. The predicted octanol–water partition coefficient (Wildman–Crippen LogP) is -0.763. The molecule has 8 nitrogen and oxygen atoms in total. The van der Waals surface area contributed by atoms with E-state index in [9.17, 15) is 14.4 Å². The summed E-state index contributed by atoms with van der Waals surface area (Å²) in [6.07, 6.45) is 1.40. The van der Waals surface area contributed by atoms with Gasteiger partial charge in [0, 0.05) is 39.3 Å². The lowest BCUT2D eigenvalue weighted by molar-refractivity contribution is -0.154. The van der Waals surface area contributed by atoms with Crippen LogP contribution in [0, 0.1) is 5.92 Å². The molecule has 2 aliphatic heterocycles. The van der Waals surface area contributed by atoms with E-state index in [0.717, 1.165) is 13.1 Å². The van der Waals surface area contributed by atoms with Crippen molar-refractivity contribution >= 4 is 17.8 Å². The second-order valence-corrected chi connectivity index (χ2v) is 6.05. The van der Waals surface area contributed by atoms with Crippen molar-refractivity contribution in [3.05, 3.63) is 0 Å². The summed E-state index contributed by atoms with van der Waals surface area (Å²) in [5.41, 5.74) is 0. The Bertz CT molecular complexity index is 451. The lowest BCUT2D eigenvalue weighted by Crippen LogP contribution is -2.50. The molecule has 0 aromatic heterocycles. The molecule has 2 fully saturated rings. The number of piperidine rings is 1. The molecular formula is C16H27N3O5. The molecule has 0 aromatic carbocycles. The number of rotatable bonds is 5. The quantitative estimate of drug-likeness (QED) is 0.522. The van der Waals surface area contributed by atoms with Crippen LogP contribution in [0.15, 0.2) is 0 Å². The Morgan fingerprint density at radius 2 is 1.96 bits per heavy atom. The average molecular weight is 341 g/mol. The molecule has 2 rings (SSSR count). The number of nitrogens with zero attached hydrogens (tertiary/aromatic N) is 2. The summed E-state index contributed by atoms with van der Waals surface area (Å²) in [6, 6.07) is 0. The van der Waals surface area contributed by atoms with E-state index in [1.807, 2.05) is 0 Å². The third kappa shape index (κ3) is 5.45. The minimum absolute atomic E-state index is 0.258. The van der Waals surface area contributed by atoms with E-state index in [-0.39, 0.29) is 18.4 Å². The van der Waals surface area contributed by atoms with Crippen LogP contribution < -0.4 is 5.32 Å². The van der Waals surface area contributed by atoms with Crippen molar-refractivity contribution in [2.45, 2.75) is 19.8 Å². The highest BCUT2D eigenvalue weighted by Crippen LogP contribution is 2.18. The maximum absolute atomic E-state index is 12.2. The molecule has 136 valence electrons. The largest absolute Gasteiger partial charge is 0.466 e. The first-order chi connectivity index (χ1) is 11.6. The van der Waals surface area contributed by atoms with Crippen LogP contribution >= 0.6 is 0 Å². The van der Waals surface area contributed by atoms with Gasteiger partial charge in [0.05, 0.1) is 25.7 Å². The minimum Gasteiger partial charge on any atom is -0.466 e. The molecule has 0 aliphatic carbocycles. The Morgan fingerprint density at radius 3 is 2.67 bits per heavy atom. The van der Waals surface area contributed by atoms with Gasteiger partial charge in [-0.3, -0.25) is 19.3 Å². The zero-order valence-electron chi connectivity index (χ0n) is 14.3. The summed E-state index contributed by atoms with van der Waals surface area (Å²) in [7, 11) is 0. The van der Waals surface area contributed by atoms with Gasteiger partial charge in [0.2, 0.25) is 0 Å². The Balaban J connectivity index is 1.73. The zero-order valence-corrected chi connectivity index (χ0v) is 14.3. The molecule has 1 N–H and O–H groups in total.